The Labute approximate surface area is 85.1 Å². The van der Waals surface area contributed by atoms with Gasteiger partial charge in [-0.3, -0.25) is 0 Å². The molecule has 0 amide bonds. The molecule has 0 aromatic carbocycles. The minimum absolute atomic E-state index is 0.0648. The fourth-order valence-corrected chi connectivity index (χ4v) is 1.83. The van der Waals surface area contributed by atoms with Crippen LogP contribution in [0.3, 0.4) is 0 Å². The molecular formula is C10H16N2S. The lowest BCUT2D eigenvalue weighted by molar-refractivity contribution is 0.440. The summed E-state index contributed by atoms with van der Waals surface area (Å²) in [5.41, 5.74) is 1.25. The Kier molecular flexibility index (Phi) is 3.09. The van der Waals surface area contributed by atoms with Crippen LogP contribution in [-0.4, -0.2) is 17.1 Å². The Hall–Kier alpha value is -0.830. The van der Waals surface area contributed by atoms with Crippen molar-refractivity contribution in [1.29, 1.82) is 0 Å². The zero-order chi connectivity index (χ0) is 9.90. The number of hydrogen-bond donors (Lipinski definition) is 2. The molecule has 0 fully saturated rings. The molecule has 0 aromatic rings. The summed E-state index contributed by atoms with van der Waals surface area (Å²) in [5.74, 6) is 0. The summed E-state index contributed by atoms with van der Waals surface area (Å²) in [6, 6.07) is 0. The molecule has 1 aliphatic rings. The van der Waals surface area contributed by atoms with Gasteiger partial charge in [0.1, 0.15) is 4.99 Å². The predicted octanol–water partition coefficient (Wildman–Crippen LogP) is 1.75. The topological polar surface area (TPSA) is 24.1 Å². The molecule has 1 aliphatic heterocycles. The molecule has 13 heavy (non-hydrogen) atoms. The van der Waals surface area contributed by atoms with Crippen LogP contribution >= 0.6 is 12.2 Å². The minimum Gasteiger partial charge on any atom is -0.385 e. The van der Waals surface area contributed by atoms with Gasteiger partial charge < -0.3 is 10.6 Å². The van der Waals surface area contributed by atoms with Crippen LogP contribution in [-0.2, 0) is 0 Å². The van der Waals surface area contributed by atoms with Crippen molar-refractivity contribution in [2.24, 2.45) is 0 Å². The Bertz CT molecular complexity index is 254. The normalized spacial score (nSPS) is 20.2. The van der Waals surface area contributed by atoms with Gasteiger partial charge in [0, 0.05) is 24.2 Å². The van der Waals surface area contributed by atoms with Crippen molar-refractivity contribution < 1.29 is 0 Å². The average molecular weight is 196 g/mol. The fraction of sp³-hybridized carbons (Fsp3) is 0.500. The lowest BCUT2D eigenvalue weighted by Crippen LogP contribution is -2.46. The maximum Gasteiger partial charge on any atom is 0.101 e. The van der Waals surface area contributed by atoms with Gasteiger partial charge in [-0.1, -0.05) is 18.3 Å². The standard InChI is InChI=1S/C10H16N2S/c1-4-5-11-8-6-9(13)12-10(2,3)7-8/h4,6,11H,1,5,7H2,2-3H3,(H,12,13). The van der Waals surface area contributed by atoms with E-state index in [9.17, 15) is 0 Å². The van der Waals surface area contributed by atoms with E-state index in [0.29, 0.717) is 0 Å². The number of thiocarbonyl (C=S) groups is 1. The largest absolute Gasteiger partial charge is 0.385 e. The molecule has 0 aliphatic carbocycles. The van der Waals surface area contributed by atoms with E-state index in [0.717, 1.165) is 18.0 Å². The van der Waals surface area contributed by atoms with Crippen molar-refractivity contribution in [2.75, 3.05) is 6.54 Å². The first-order valence-corrected chi connectivity index (χ1v) is 4.82. The van der Waals surface area contributed by atoms with Crippen LogP contribution in [0.5, 0.6) is 0 Å². The lowest BCUT2D eigenvalue weighted by Gasteiger charge is -2.32. The van der Waals surface area contributed by atoms with Crippen LogP contribution in [0.25, 0.3) is 0 Å². The van der Waals surface area contributed by atoms with Gasteiger partial charge in [-0.05, 0) is 19.9 Å². The number of nitrogens with one attached hydrogen (secondary N) is 2. The Morgan fingerprint density at radius 3 is 3.00 bits per heavy atom. The van der Waals surface area contributed by atoms with Gasteiger partial charge in [0.2, 0.25) is 0 Å². The third-order valence-electron chi connectivity index (χ3n) is 1.87. The van der Waals surface area contributed by atoms with Gasteiger partial charge in [0.15, 0.2) is 0 Å². The van der Waals surface area contributed by atoms with Crippen LogP contribution in [0.4, 0.5) is 0 Å². The van der Waals surface area contributed by atoms with Gasteiger partial charge in [-0.25, -0.2) is 0 Å². The maximum atomic E-state index is 5.13. The molecule has 0 radical (unpaired) electrons. The van der Waals surface area contributed by atoms with E-state index in [-0.39, 0.29) is 5.54 Å². The van der Waals surface area contributed by atoms with E-state index in [1.165, 1.54) is 5.70 Å². The van der Waals surface area contributed by atoms with Crippen molar-refractivity contribution in [3.05, 3.63) is 24.4 Å². The molecule has 2 N–H and O–H groups in total. The third kappa shape index (κ3) is 3.19. The summed E-state index contributed by atoms with van der Waals surface area (Å²) >= 11 is 5.13. The molecule has 72 valence electrons. The molecule has 0 unspecified atom stereocenters. The molecule has 3 heteroatoms. The molecule has 0 saturated carbocycles. The van der Waals surface area contributed by atoms with E-state index in [4.69, 9.17) is 12.2 Å². The van der Waals surface area contributed by atoms with Crippen molar-refractivity contribution in [3.63, 3.8) is 0 Å². The summed E-state index contributed by atoms with van der Waals surface area (Å²) in [4.78, 5) is 0.808. The SMILES string of the molecule is C=CCNC1=CC(=S)NC(C)(C)C1. The van der Waals surface area contributed by atoms with Gasteiger partial charge in [-0.2, -0.15) is 0 Å². The molecule has 0 atom stereocenters. The molecule has 0 saturated heterocycles. The number of hydrogen-bond acceptors (Lipinski definition) is 2. The van der Waals surface area contributed by atoms with Crippen LogP contribution in [0.1, 0.15) is 20.3 Å². The first kappa shape index (κ1) is 10.3. The maximum absolute atomic E-state index is 5.13. The van der Waals surface area contributed by atoms with Gasteiger partial charge in [0.25, 0.3) is 0 Å². The zero-order valence-corrected chi connectivity index (χ0v) is 9.00. The summed E-state index contributed by atoms with van der Waals surface area (Å²) in [6.07, 6.45) is 4.80. The average Bonchev–Trinajstić information content (AvgIpc) is 1.97. The van der Waals surface area contributed by atoms with E-state index >= 15 is 0 Å². The monoisotopic (exact) mass is 196 g/mol. The highest BCUT2D eigenvalue weighted by molar-refractivity contribution is 7.80. The second-order valence-corrected chi connectivity index (χ2v) is 4.33. The Morgan fingerprint density at radius 2 is 2.46 bits per heavy atom. The second kappa shape index (κ2) is 3.92. The summed E-state index contributed by atoms with van der Waals surface area (Å²) in [5, 5.41) is 6.52. The lowest BCUT2D eigenvalue weighted by atomic mass is 9.95. The Morgan fingerprint density at radius 1 is 1.77 bits per heavy atom. The van der Waals surface area contributed by atoms with E-state index in [1.807, 2.05) is 12.2 Å². The van der Waals surface area contributed by atoms with Crippen LogP contribution in [0.15, 0.2) is 24.4 Å². The highest BCUT2D eigenvalue weighted by atomic mass is 32.1. The molecule has 1 rings (SSSR count). The van der Waals surface area contributed by atoms with Crippen LogP contribution in [0, 0.1) is 0 Å². The van der Waals surface area contributed by atoms with Crippen molar-refractivity contribution in [3.8, 4) is 0 Å². The smallest absolute Gasteiger partial charge is 0.101 e. The van der Waals surface area contributed by atoms with Crippen molar-refractivity contribution in [2.45, 2.75) is 25.8 Å². The first-order chi connectivity index (χ1) is 6.03. The van der Waals surface area contributed by atoms with Crippen LogP contribution in [0.2, 0.25) is 0 Å². The predicted molar refractivity (Wildman–Crippen MR) is 60.7 cm³/mol. The number of rotatable bonds is 3. The quantitative estimate of drug-likeness (QED) is 0.531. The molecule has 0 aromatic heterocycles. The van der Waals surface area contributed by atoms with Crippen LogP contribution < -0.4 is 10.6 Å². The van der Waals surface area contributed by atoms with Crippen molar-refractivity contribution in [1.82, 2.24) is 10.6 Å². The van der Waals surface area contributed by atoms with Gasteiger partial charge in [0.05, 0.1) is 0 Å². The molecule has 1 heterocycles. The van der Waals surface area contributed by atoms with Crippen molar-refractivity contribution >= 4 is 17.2 Å². The highest BCUT2D eigenvalue weighted by Crippen LogP contribution is 2.18. The van der Waals surface area contributed by atoms with Gasteiger partial charge in [-0.15, -0.1) is 6.58 Å². The summed E-state index contributed by atoms with van der Waals surface area (Å²) < 4.78 is 0. The zero-order valence-electron chi connectivity index (χ0n) is 8.18. The molecular weight excluding hydrogens is 180 g/mol. The fourth-order valence-electron chi connectivity index (χ4n) is 1.42. The summed E-state index contributed by atoms with van der Waals surface area (Å²) in [7, 11) is 0. The molecule has 0 spiro atoms. The van der Waals surface area contributed by atoms with E-state index < -0.39 is 0 Å². The second-order valence-electron chi connectivity index (χ2n) is 3.89. The molecule has 2 nitrogen and oxygen atoms in total. The van der Waals surface area contributed by atoms with Gasteiger partial charge >= 0.3 is 0 Å². The highest BCUT2D eigenvalue weighted by Gasteiger charge is 2.23. The minimum atomic E-state index is 0.0648. The molecule has 0 bridgehead atoms. The van der Waals surface area contributed by atoms with E-state index in [2.05, 4.69) is 31.1 Å². The third-order valence-corrected chi connectivity index (χ3v) is 2.09. The summed E-state index contributed by atoms with van der Waals surface area (Å²) in [6.45, 7) is 8.74. The Balaban J connectivity index is 2.63. The van der Waals surface area contributed by atoms with E-state index in [1.54, 1.807) is 0 Å². The first-order valence-electron chi connectivity index (χ1n) is 4.41.